The average Bonchev–Trinajstić information content (AvgIpc) is 3.03. The lowest BCUT2D eigenvalue weighted by Gasteiger charge is -2.31. The van der Waals surface area contributed by atoms with E-state index >= 15 is 0 Å². The second-order valence-electron chi connectivity index (χ2n) is 5.79. The summed E-state index contributed by atoms with van der Waals surface area (Å²) < 4.78 is 25.2. The molecule has 1 aromatic heterocycles. The molecule has 0 unspecified atom stereocenters. The molecule has 7 heteroatoms. The number of carbonyl (C=O) groups excluding carboxylic acids is 1. The number of piperidine rings is 1. The Morgan fingerprint density at radius 2 is 2.04 bits per heavy atom. The lowest BCUT2D eigenvalue weighted by molar-refractivity contribution is 0.0925. The predicted octanol–water partition coefficient (Wildman–Crippen LogP) is 1.71. The zero-order valence-electron chi connectivity index (χ0n) is 13.1. The fourth-order valence-corrected chi connectivity index (χ4v) is 4.13. The standard InChI is InChI=1S/C16H21N3O3S/c1-2-23(21,22)19-10-7-13(8-11-19)18-16(20)14-5-3-4-12-6-9-17-15(12)14/h3-6,9,13,17H,2,7-8,10-11H2,1H3,(H,18,20). The van der Waals surface area contributed by atoms with Gasteiger partial charge >= 0.3 is 0 Å². The third-order valence-electron chi connectivity index (χ3n) is 4.38. The number of rotatable bonds is 4. The number of sulfonamides is 1. The van der Waals surface area contributed by atoms with E-state index in [2.05, 4.69) is 10.3 Å². The number of amides is 1. The highest BCUT2D eigenvalue weighted by molar-refractivity contribution is 7.89. The number of benzene rings is 1. The Labute approximate surface area is 135 Å². The average molecular weight is 335 g/mol. The third-order valence-corrected chi connectivity index (χ3v) is 6.26. The van der Waals surface area contributed by atoms with Crippen LogP contribution in [0, 0.1) is 0 Å². The van der Waals surface area contributed by atoms with Gasteiger partial charge in [0.2, 0.25) is 10.0 Å². The first-order chi connectivity index (χ1) is 11.0. The van der Waals surface area contributed by atoms with E-state index in [-0.39, 0.29) is 17.7 Å². The normalized spacial score (nSPS) is 17.4. The van der Waals surface area contributed by atoms with E-state index in [9.17, 15) is 13.2 Å². The van der Waals surface area contributed by atoms with Crippen LogP contribution in [0.2, 0.25) is 0 Å². The van der Waals surface area contributed by atoms with Crippen LogP contribution >= 0.6 is 0 Å². The smallest absolute Gasteiger partial charge is 0.253 e. The molecule has 3 rings (SSSR count). The van der Waals surface area contributed by atoms with Gasteiger partial charge in [-0.05, 0) is 31.9 Å². The molecule has 124 valence electrons. The zero-order valence-corrected chi connectivity index (χ0v) is 13.9. The van der Waals surface area contributed by atoms with Crippen LogP contribution in [-0.2, 0) is 10.0 Å². The maximum Gasteiger partial charge on any atom is 0.253 e. The first-order valence-corrected chi connectivity index (χ1v) is 9.47. The number of hydrogen-bond donors (Lipinski definition) is 2. The summed E-state index contributed by atoms with van der Waals surface area (Å²) in [6.45, 7) is 2.59. The third kappa shape index (κ3) is 3.25. The summed E-state index contributed by atoms with van der Waals surface area (Å²) >= 11 is 0. The number of fused-ring (bicyclic) bond motifs is 1. The van der Waals surface area contributed by atoms with E-state index < -0.39 is 10.0 Å². The summed E-state index contributed by atoms with van der Waals surface area (Å²) in [5, 5.41) is 4.03. The fourth-order valence-electron chi connectivity index (χ4n) is 3.00. The highest BCUT2D eigenvalue weighted by Gasteiger charge is 2.27. The largest absolute Gasteiger partial charge is 0.361 e. The van der Waals surface area contributed by atoms with E-state index in [0.717, 1.165) is 10.9 Å². The number of hydrogen-bond acceptors (Lipinski definition) is 3. The Morgan fingerprint density at radius 1 is 1.30 bits per heavy atom. The SMILES string of the molecule is CCS(=O)(=O)N1CCC(NC(=O)c2cccc3cc[nH]c23)CC1. The summed E-state index contributed by atoms with van der Waals surface area (Å²) in [6.07, 6.45) is 3.10. The maximum absolute atomic E-state index is 12.5. The molecule has 2 aromatic rings. The number of carbonyl (C=O) groups is 1. The number of aromatic amines is 1. The van der Waals surface area contributed by atoms with Crippen molar-refractivity contribution in [3.63, 3.8) is 0 Å². The van der Waals surface area contributed by atoms with Crippen molar-refractivity contribution in [1.29, 1.82) is 0 Å². The number of para-hydroxylation sites is 1. The minimum Gasteiger partial charge on any atom is -0.361 e. The van der Waals surface area contributed by atoms with Gasteiger partial charge in [0.05, 0.1) is 16.8 Å². The molecule has 0 aliphatic carbocycles. The van der Waals surface area contributed by atoms with Crippen LogP contribution in [0.1, 0.15) is 30.1 Å². The Balaban J connectivity index is 1.65. The molecule has 1 fully saturated rings. The van der Waals surface area contributed by atoms with Gasteiger partial charge in [0.15, 0.2) is 0 Å². The van der Waals surface area contributed by atoms with Gasteiger partial charge in [0, 0.05) is 30.7 Å². The van der Waals surface area contributed by atoms with Crippen LogP contribution in [0.3, 0.4) is 0 Å². The van der Waals surface area contributed by atoms with Crippen molar-refractivity contribution in [3.05, 3.63) is 36.0 Å². The first-order valence-electron chi connectivity index (χ1n) is 7.86. The van der Waals surface area contributed by atoms with Gasteiger partial charge < -0.3 is 10.3 Å². The van der Waals surface area contributed by atoms with Crippen LogP contribution in [-0.4, -0.2) is 48.5 Å². The first kappa shape index (κ1) is 16.0. The van der Waals surface area contributed by atoms with Gasteiger partial charge in [-0.2, -0.15) is 0 Å². The van der Waals surface area contributed by atoms with E-state index in [4.69, 9.17) is 0 Å². The van der Waals surface area contributed by atoms with Gasteiger partial charge in [-0.3, -0.25) is 4.79 Å². The van der Waals surface area contributed by atoms with Gasteiger partial charge in [-0.1, -0.05) is 12.1 Å². The molecule has 1 aromatic carbocycles. The molecule has 1 aliphatic heterocycles. The number of H-pyrrole nitrogens is 1. The highest BCUT2D eigenvalue weighted by atomic mass is 32.2. The second kappa shape index (κ2) is 6.33. The van der Waals surface area contributed by atoms with Crippen LogP contribution in [0.4, 0.5) is 0 Å². The van der Waals surface area contributed by atoms with Crippen molar-refractivity contribution in [1.82, 2.24) is 14.6 Å². The molecule has 1 saturated heterocycles. The Hall–Kier alpha value is -1.86. The zero-order chi connectivity index (χ0) is 16.4. The van der Waals surface area contributed by atoms with Crippen molar-refractivity contribution in [2.45, 2.75) is 25.8 Å². The molecule has 2 heterocycles. The second-order valence-corrected chi connectivity index (χ2v) is 8.05. The Bertz CT molecular complexity index is 805. The molecule has 2 N–H and O–H groups in total. The van der Waals surface area contributed by atoms with Crippen molar-refractivity contribution < 1.29 is 13.2 Å². The van der Waals surface area contributed by atoms with Crippen LogP contribution < -0.4 is 5.32 Å². The van der Waals surface area contributed by atoms with Crippen molar-refractivity contribution in [3.8, 4) is 0 Å². The van der Waals surface area contributed by atoms with Crippen molar-refractivity contribution >= 4 is 26.8 Å². The summed E-state index contributed by atoms with van der Waals surface area (Å²) in [7, 11) is -3.13. The van der Waals surface area contributed by atoms with E-state index in [0.29, 0.717) is 31.5 Å². The molecule has 0 bridgehead atoms. The summed E-state index contributed by atoms with van der Waals surface area (Å²) in [4.78, 5) is 15.6. The molecule has 1 amide bonds. The minimum atomic E-state index is -3.13. The molecule has 0 saturated carbocycles. The number of nitrogens with one attached hydrogen (secondary N) is 2. The van der Waals surface area contributed by atoms with Crippen molar-refractivity contribution in [2.24, 2.45) is 0 Å². The van der Waals surface area contributed by atoms with Gasteiger partial charge in [-0.25, -0.2) is 12.7 Å². The number of aromatic nitrogens is 1. The molecule has 0 atom stereocenters. The van der Waals surface area contributed by atoms with Gasteiger partial charge in [-0.15, -0.1) is 0 Å². The lowest BCUT2D eigenvalue weighted by atomic mass is 10.1. The Kier molecular flexibility index (Phi) is 4.41. The van der Waals surface area contributed by atoms with E-state index in [1.807, 2.05) is 24.4 Å². The summed E-state index contributed by atoms with van der Waals surface area (Å²) in [6, 6.07) is 7.56. The molecule has 1 aliphatic rings. The molecule has 0 spiro atoms. The summed E-state index contributed by atoms with van der Waals surface area (Å²) in [5.74, 6) is 0.00798. The molecule has 23 heavy (non-hydrogen) atoms. The number of nitrogens with zero attached hydrogens (tertiary/aromatic N) is 1. The topological polar surface area (TPSA) is 82.3 Å². The molecule has 0 radical (unpaired) electrons. The summed E-state index contributed by atoms with van der Waals surface area (Å²) in [5.41, 5.74) is 1.45. The van der Waals surface area contributed by atoms with Crippen LogP contribution in [0.5, 0.6) is 0 Å². The molecular formula is C16H21N3O3S. The Morgan fingerprint density at radius 3 is 2.74 bits per heavy atom. The molecular weight excluding hydrogens is 314 g/mol. The van der Waals surface area contributed by atoms with Gasteiger partial charge in [0.25, 0.3) is 5.91 Å². The van der Waals surface area contributed by atoms with E-state index in [1.165, 1.54) is 4.31 Å². The predicted molar refractivity (Wildman–Crippen MR) is 89.8 cm³/mol. The monoisotopic (exact) mass is 335 g/mol. The van der Waals surface area contributed by atoms with Crippen LogP contribution in [0.25, 0.3) is 10.9 Å². The maximum atomic E-state index is 12.5. The minimum absolute atomic E-state index is 0.0102. The van der Waals surface area contributed by atoms with Crippen LogP contribution in [0.15, 0.2) is 30.5 Å². The fraction of sp³-hybridized carbons (Fsp3) is 0.438. The quantitative estimate of drug-likeness (QED) is 0.892. The molecule has 6 nitrogen and oxygen atoms in total. The van der Waals surface area contributed by atoms with E-state index in [1.54, 1.807) is 13.0 Å². The van der Waals surface area contributed by atoms with Gasteiger partial charge in [0.1, 0.15) is 0 Å². The highest BCUT2D eigenvalue weighted by Crippen LogP contribution is 2.19. The lowest BCUT2D eigenvalue weighted by Crippen LogP contribution is -2.46. The van der Waals surface area contributed by atoms with Crippen molar-refractivity contribution in [2.75, 3.05) is 18.8 Å².